The average molecular weight is 348 g/mol. The van der Waals surface area contributed by atoms with Crippen LogP contribution < -0.4 is 10.2 Å². The molecule has 2 aromatic rings. The lowest BCUT2D eigenvalue weighted by Crippen LogP contribution is -2.28. The molecule has 1 N–H and O–H groups in total. The molecular formula is C15H16N4O2S2. The molecular weight excluding hydrogens is 332 g/mol. The van der Waals surface area contributed by atoms with E-state index in [0.29, 0.717) is 11.7 Å². The van der Waals surface area contributed by atoms with Crippen LogP contribution >= 0.6 is 23.1 Å². The highest BCUT2D eigenvalue weighted by molar-refractivity contribution is 8.01. The van der Waals surface area contributed by atoms with Gasteiger partial charge in [-0.15, -0.1) is 10.2 Å². The molecule has 2 amide bonds. The standard InChI is InChI=1S/C15H16N4O2S2/c1-2-22-15-18-17-14(23-15)16-13(21)10-8-12(20)19(9-10)11-6-4-3-5-7-11/h3-7,10H,2,8-9H2,1H3,(H,16,17,21)/t10-/m1/s1. The molecule has 2 heterocycles. The molecule has 1 aliphatic rings. The summed E-state index contributed by atoms with van der Waals surface area (Å²) in [7, 11) is 0. The van der Waals surface area contributed by atoms with Gasteiger partial charge in [-0.05, 0) is 17.9 Å². The number of thioether (sulfide) groups is 1. The summed E-state index contributed by atoms with van der Waals surface area (Å²) >= 11 is 2.94. The molecule has 0 unspecified atom stereocenters. The molecule has 1 saturated heterocycles. The highest BCUT2D eigenvalue weighted by Gasteiger charge is 2.35. The fourth-order valence-corrected chi connectivity index (χ4v) is 4.04. The van der Waals surface area contributed by atoms with E-state index in [1.165, 1.54) is 11.3 Å². The number of carbonyl (C=O) groups is 2. The van der Waals surface area contributed by atoms with E-state index in [1.54, 1.807) is 16.7 Å². The van der Waals surface area contributed by atoms with Crippen molar-refractivity contribution in [2.24, 2.45) is 5.92 Å². The number of rotatable bonds is 5. The normalized spacial score (nSPS) is 17.5. The van der Waals surface area contributed by atoms with Crippen molar-refractivity contribution in [1.29, 1.82) is 0 Å². The average Bonchev–Trinajstić information content (AvgIpc) is 3.15. The van der Waals surface area contributed by atoms with Crippen LogP contribution in [0.3, 0.4) is 0 Å². The second-order valence-electron chi connectivity index (χ2n) is 5.04. The Morgan fingerprint density at radius 2 is 2.17 bits per heavy atom. The summed E-state index contributed by atoms with van der Waals surface area (Å²) in [4.78, 5) is 26.2. The van der Waals surface area contributed by atoms with Gasteiger partial charge in [-0.3, -0.25) is 9.59 Å². The first-order chi connectivity index (χ1) is 11.2. The Morgan fingerprint density at radius 1 is 1.39 bits per heavy atom. The number of amides is 2. The van der Waals surface area contributed by atoms with Crippen LogP contribution in [-0.2, 0) is 9.59 Å². The van der Waals surface area contributed by atoms with E-state index in [4.69, 9.17) is 0 Å². The van der Waals surface area contributed by atoms with Crippen molar-refractivity contribution in [2.75, 3.05) is 22.5 Å². The van der Waals surface area contributed by atoms with Crippen LogP contribution in [0.15, 0.2) is 34.7 Å². The van der Waals surface area contributed by atoms with Crippen molar-refractivity contribution in [3.63, 3.8) is 0 Å². The van der Waals surface area contributed by atoms with E-state index < -0.39 is 0 Å². The molecule has 6 nitrogen and oxygen atoms in total. The monoisotopic (exact) mass is 348 g/mol. The van der Waals surface area contributed by atoms with Gasteiger partial charge in [0.05, 0.1) is 5.92 Å². The lowest BCUT2D eigenvalue weighted by molar-refractivity contribution is -0.122. The first kappa shape index (κ1) is 15.9. The summed E-state index contributed by atoms with van der Waals surface area (Å²) in [5.41, 5.74) is 0.824. The van der Waals surface area contributed by atoms with Crippen LogP contribution in [0.5, 0.6) is 0 Å². The van der Waals surface area contributed by atoms with Gasteiger partial charge in [-0.25, -0.2) is 0 Å². The van der Waals surface area contributed by atoms with E-state index in [2.05, 4.69) is 15.5 Å². The quantitative estimate of drug-likeness (QED) is 0.664. The Bertz CT molecular complexity index is 705. The Morgan fingerprint density at radius 3 is 2.91 bits per heavy atom. The molecule has 1 atom stereocenters. The molecule has 1 aromatic carbocycles. The molecule has 23 heavy (non-hydrogen) atoms. The first-order valence-corrected chi connectivity index (χ1v) is 9.10. The Balaban J connectivity index is 1.63. The zero-order chi connectivity index (χ0) is 16.2. The van der Waals surface area contributed by atoms with Gasteiger partial charge in [0, 0.05) is 18.7 Å². The second-order valence-corrected chi connectivity index (χ2v) is 7.52. The van der Waals surface area contributed by atoms with E-state index in [9.17, 15) is 9.59 Å². The highest BCUT2D eigenvalue weighted by atomic mass is 32.2. The van der Waals surface area contributed by atoms with Crippen molar-refractivity contribution in [3.8, 4) is 0 Å². The van der Waals surface area contributed by atoms with Crippen molar-refractivity contribution < 1.29 is 9.59 Å². The summed E-state index contributed by atoms with van der Waals surface area (Å²) in [6.45, 7) is 2.43. The number of hydrogen-bond donors (Lipinski definition) is 1. The lowest BCUT2D eigenvalue weighted by atomic mass is 10.1. The van der Waals surface area contributed by atoms with Crippen LogP contribution in [0, 0.1) is 5.92 Å². The lowest BCUT2D eigenvalue weighted by Gasteiger charge is -2.16. The van der Waals surface area contributed by atoms with E-state index in [0.717, 1.165) is 15.8 Å². The van der Waals surface area contributed by atoms with Crippen LogP contribution in [-0.4, -0.2) is 34.3 Å². The number of hydrogen-bond acceptors (Lipinski definition) is 6. The molecule has 120 valence electrons. The minimum absolute atomic E-state index is 0.0316. The zero-order valence-electron chi connectivity index (χ0n) is 12.6. The van der Waals surface area contributed by atoms with Crippen molar-refractivity contribution in [1.82, 2.24) is 10.2 Å². The Kier molecular flexibility index (Phi) is 4.92. The number of nitrogens with one attached hydrogen (secondary N) is 1. The number of benzene rings is 1. The molecule has 0 radical (unpaired) electrons. The molecule has 1 aromatic heterocycles. The van der Waals surface area contributed by atoms with Gasteiger partial charge in [0.25, 0.3) is 0 Å². The number of carbonyl (C=O) groups excluding carboxylic acids is 2. The van der Waals surface area contributed by atoms with E-state index in [1.807, 2.05) is 37.3 Å². The first-order valence-electron chi connectivity index (χ1n) is 7.30. The molecule has 8 heteroatoms. The Hall–Kier alpha value is -1.93. The topological polar surface area (TPSA) is 75.2 Å². The number of nitrogens with zero attached hydrogens (tertiary/aromatic N) is 3. The maximum atomic E-state index is 12.3. The molecule has 0 bridgehead atoms. The number of para-hydroxylation sites is 1. The van der Waals surface area contributed by atoms with Gasteiger partial charge < -0.3 is 10.2 Å². The van der Waals surface area contributed by atoms with Gasteiger partial charge in [0.2, 0.25) is 16.9 Å². The zero-order valence-corrected chi connectivity index (χ0v) is 14.2. The predicted octanol–water partition coefficient (Wildman–Crippen LogP) is 2.64. The van der Waals surface area contributed by atoms with Crippen molar-refractivity contribution in [3.05, 3.63) is 30.3 Å². The van der Waals surface area contributed by atoms with Crippen molar-refractivity contribution in [2.45, 2.75) is 17.7 Å². The van der Waals surface area contributed by atoms with E-state index in [-0.39, 0.29) is 24.2 Å². The molecule has 0 spiro atoms. The third-order valence-electron chi connectivity index (χ3n) is 3.47. The summed E-state index contributed by atoms with van der Waals surface area (Å²) in [5.74, 6) is 0.330. The third kappa shape index (κ3) is 3.70. The summed E-state index contributed by atoms with van der Waals surface area (Å²) in [6.07, 6.45) is 0.218. The fourth-order valence-electron chi connectivity index (χ4n) is 2.39. The SMILES string of the molecule is CCSc1nnc(NC(=O)[C@@H]2CC(=O)N(c3ccccc3)C2)s1. The van der Waals surface area contributed by atoms with Crippen LogP contribution in [0.25, 0.3) is 0 Å². The summed E-state index contributed by atoms with van der Waals surface area (Å²) < 4.78 is 0.830. The summed E-state index contributed by atoms with van der Waals surface area (Å²) in [6, 6.07) is 9.40. The van der Waals surface area contributed by atoms with Crippen LogP contribution in [0.4, 0.5) is 10.8 Å². The highest BCUT2D eigenvalue weighted by Crippen LogP contribution is 2.28. The minimum Gasteiger partial charge on any atom is -0.312 e. The molecule has 3 rings (SSSR count). The summed E-state index contributed by atoms with van der Waals surface area (Å²) in [5, 5.41) is 11.2. The second kappa shape index (κ2) is 7.10. The fraction of sp³-hybridized carbons (Fsp3) is 0.333. The van der Waals surface area contributed by atoms with Gasteiger partial charge in [0.1, 0.15) is 0 Å². The van der Waals surface area contributed by atoms with Gasteiger partial charge in [0.15, 0.2) is 4.34 Å². The van der Waals surface area contributed by atoms with Gasteiger partial charge >= 0.3 is 0 Å². The number of anilines is 2. The predicted molar refractivity (Wildman–Crippen MR) is 91.8 cm³/mol. The largest absolute Gasteiger partial charge is 0.312 e. The molecule has 0 aliphatic carbocycles. The maximum absolute atomic E-state index is 12.3. The van der Waals surface area contributed by atoms with Crippen molar-refractivity contribution >= 4 is 45.7 Å². The van der Waals surface area contributed by atoms with Gasteiger partial charge in [-0.1, -0.05) is 48.2 Å². The third-order valence-corrected chi connectivity index (χ3v) is 5.32. The minimum atomic E-state index is -0.367. The van der Waals surface area contributed by atoms with Crippen LogP contribution in [0.1, 0.15) is 13.3 Å². The van der Waals surface area contributed by atoms with Gasteiger partial charge in [-0.2, -0.15) is 0 Å². The number of aromatic nitrogens is 2. The smallest absolute Gasteiger partial charge is 0.231 e. The molecule has 1 aliphatic heterocycles. The maximum Gasteiger partial charge on any atom is 0.231 e. The molecule has 1 fully saturated rings. The van der Waals surface area contributed by atoms with Crippen LogP contribution in [0.2, 0.25) is 0 Å². The Labute approximate surface area is 142 Å². The molecule has 0 saturated carbocycles. The van der Waals surface area contributed by atoms with E-state index >= 15 is 0 Å².